The van der Waals surface area contributed by atoms with E-state index in [2.05, 4.69) is 0 Å². The molecule has 0 aromatic heterocycles. The van der Waals surface area contributed by atoms with Crippen LogP contribution in [-0.2, 0) is 20.9 Å². The first-order valence-electron chi connectivity index (χ1n) is 8.02. The fourth-order valence-corrected chi connectivity index (χ4v) is 7.62. The van der Waals surface area contributed by atoms with E-state index >= 15 is 0 Å². The van der Waals surface area contributed by atoms with Crippen molar-refractivity contribution in [2.45, 2.75) is 30.1 Å². The Morgan fingerprint density at radius 1 is 1.20 bits per heavy atom. The van der Waals surface area contributed by atoms with Gasteiger partial charge in [-0.15, -0.1) is 0 Å². The third-order valence-electron chi connectivity index (χ3n) is 6.09. The maximum Gasteiger partial charge on any atom is 0.417 e. The summed E-state index contributed by atoms with van der Waals surface area (Å²) in [6.45, 7) is 0.184. The van der Waals surface area contributed by atoms with E-state index < -0.39 is 32.6 Å². The Morgan fingerprint density at radius 2 is 1.92 bits per heavy atom. The van der Waals surface area contributed by atoms with E-state index in [0.717, 1.165) is 22.9 Å². The lowest BCUT2D eigenvalue weighted by Crippen LogP contribution is -2.35. The Morgan fingerprint density at radius 3 is 2.60 bits per heavy atom. The number of anilines is 1. The average Bonchev–Trinajstić information content (AvgIpc) is 3.05. The summed E-state index contributed by atoms with van der Waals surface area (Å²) in [5, 5.41) is 8.32. The Kier molecular flexibility index (Phi) is 2.77. The molecule has 0 N–H and O–H groups in total. The largest absolute Gasteiger partial charge is 0.417 e. The zero-order valence-electron chi connectivity index (χ0n) is 12.8. The Hall–Kier alpha value is -1.79. The van der Waals surface area contributed by atoms with E-state index in [9.17, 15) is 21.6 Å². The van der Waals surface area contributed by atoms with Crippen LogP contribution in [0.3, 0.4) is 0 Å². The number of hydrogen-bond acceptors (Lipinski definition) is 4. The molecule has 2 saturated carbocycles. The Balaban J connectivity index is 1.56. The second-order valence-electron chi connectivity index (χ2n) is 7.17. The van der Waals surface area contributed by atoms with Crippen LogP contribution in [-0.4, -0.2) is 32.4 Å². The number of benzene rings is 1. The number of hydrogen-bond donors (Lipinski definition) is 0. The molecule has 5 nitrogen and oxygen atoms in total. The van der Waals surface area contributed by atoms with Crippen molar-refractivity contribution < 1.29 is 26.3 Å². The van der Waals surface area contributed by atoms with Crippen LogP contribution in [0.1, 0.15) is 17.5 Å². The van der Waals surface area contributed by atoms with Gasteiger partial charge in [-0.05, 0) is 30.5 Å². The molecule has 132 valence electrons. The molecule has 4 fully saturated rings. The second kappa shape index (κ2) is 4.48. The van der Waals surface area contributed by atoms with E-state index in [1.807, 2.05) is 0 Å². The molecule has 2 aliphatic heterocycles. The molecule has 0 spiro atoms. The van der Waals surface area contributed by atoms with Crippen LogP contribution in [0.4, 0.5) is 18.9 Å². The van der Waals surface area contributed by atoms with Crippen molar-refractivity contribution in [3.63, 3.8) is 0 Å². The molecule has 4 aliphatic rings. The van der Waals surface area contributed by atoms with E-state index in [4.69, 9.17) is 10.00 Å². The standard InChI is InChI=1S/C16H13F3N2O3S/c17-16(18,19)12-3-8(2-1-7(12)5-20)21-6-11-9-4-10(14-13(9)24-14)15(11)25(21,22)23/h1-3,9-11,13-15H,4,6H2/t9-,10+,11-,13-,14+,15+/m0/s1. The summed E-state index contributed by atoms with van der Waals surface area (Å²) in [5.74, 6) is 0.0411. The summed E-state index contributed by atoms with van der Waals surface area (Å²) in [7, 11) is -3.73. The van der Waals surface area contributed by atoms with Crippen molar-refractivity contribution in [2.24, 2.45) is 17.8 Å². The topological polar surface area (TPSA) is 73.7 Å². The molecule has 2 aliphatic carbocycles. The monoisotopic (exact) mass is 370 g/mol. The lowest BCUT2D eigenvalue weighted by atomic mass is 9.88. The number of nitrogens with zero attached hydrogens (tertiary/aromatic N) is 2. The Labute approximate surface area is 142 Å². The predicted octanol–water partition coefficient (Wildman–Crippen LogP) is 2.13. The number of alkyl halides is 3. The molecule has 5 rings (SSSR count). The molecule has 25 heavy (non-hydrogen) atoms. The molecular formula is C16H13F3N2O3S. The van der Waals surface area contributed by atoms with Crippen molar-refractivity contribution in [1.29, 1.82) is 5.26 Å². The minimum Gasteiger partial charge on any atom is -0.369 e. The van der Waals surface area contributed by atoms with Crippen molar-refractivity contribution in [3.05, 3.63) is 29.3 Å². The predicted molar refractivity (Wildman–Crippen MR) is 80.0 cm³/mol. The highest BCUT2D eigenvalue weighted by Gasteiger charge is 2.73. The molecule has 2 bridgehead atoms. The first-order valence-corrected chi connectivity index (χ1v) is 9.52. The van der Waals surface area contributed by atoms with Crippen LogP contribution in [0.25, 0.3) is 0 Å². The number of fused-ring (bicyclic) bond motifs is 8. The molecule has 2 saturated heterocycles. The number of rotatable bonds is 1. The minimum atomic E-state index is -4.71. The van der Waals surface area contributed by atoms with Gasteiger partial charge >= 0.3 is 6.18 Å². The molecule has 2 heterocycles. The first kappa shape index (κ1) is 15.5. The summed E-state index contributed by atoms with van der Waals surface area (Å²) in [4.78, 5) is 0. The van der Waals surface area contributed by atoms with Gasteiger partial charge in [0, 0.05) is 18.4 Å². The maximum atomic E-state index is 13.2. The van der Waals surface area contributed by atoms with E-state index in [0.29, 0.717) is 0 Å². The van der Waals surface area contributed by atoms with Crippen LogP contribution in [0, 0.1) is 29.1 Å². The molecule has 0 unspecified atom stereocenters. The molecule has 1 aromatic rings. The second-order valence-corrected chi connectivity index (χ2v) is 9.19. The summed E-state index contributed by atoms with van der Waals surface area (Å²) in [5.41, 5.74) is -1.63. The highest BCUT2D eigenvalue weighted by molar-refractivity contribution is 7.93. The average molecular weight is 370 g/mol. The number of nitriles is 1. The van der Waals surface area contributed by atoms with Crippen LogP contribution in [0.5, 0.6) is 0 Å². The number of halogens is 3. The highest BCUT2D eigenvalue weighted by atomic mass is 32.2. The maximum absolute atomic E-state index is 13.2. The Bertz CT molecular complexity index is 924. The molecular weight excluding hydrogens is 357 g/mol. The van der Waals surface area contributed by atoms with Crippen LogP contribution in [0.15, 0.2) is 18.2 Å². The lowest BCUT2D eigenvalue weighted by molar-refractivity contribution is -0.137. The van der Waals surface area contributed by atoms with Crippen molar-refractivity contribution in [3.8, 4) is 6.07 Å². The smallest absolute Gasteiger partial charge is 0.369 e. The molecule has 6 atom stereocenters. The number of ether oxygens (including phenoxy) is 1. The SMILES string of the molecule is N#Cc1ccc(N2C[C@H]3[C@@H]4C[C@H]([C@H]5O[C@@H]45)[C@H]3S2(=O)=O)cc1C(F)(F)F. The fraction of sp³-hybridized carbons (Fsp3) is 0.562. The quantitative estimate of drug-likeness (QED) is 0.710. The van der Waals surface area contributed by atoms with Crippen LogP contribution in [0.2, 0.25) is 0 Å². The van der Waals surface area contributed by atoms with Gasteiger partial charge in [0.05, 0.1) is 40.3 Å². The zero-order valence-corrected chi connectivity index (χ0v) is 13.6. The lowest BCUT2D eigenvalue weighted by Gasteiger charge is -2.22. The zero-order chi connectivity index (χ0) is 17.7. The van der Waals surface area contributed by atoms with Gasteiger partial charge in [0.2, 0.25) is 10.0 Å². The van der Waals surface area contributed by atoms with Crippen molar-refractivity contribution in [2.75, 3.05) is 10.8 Å². The van der Waals surface area contributed by atoms with Crippen LogP contribution >= 0.6 is 0 Å². The third kappa shape index (κ3) is 1.89. The summed E-state index contributed by atoms with van der Waals surface area (Å²) < 4.78 is 72.1. The molecule has 0 radical (unpaired) electrons. The molecule has 0 amide bonds. The summed E-state index contributed by atoms with van der Waals surface area (Å²) in [6.07, 6.45) is -3.74. The first-order chi connectivity index (χ1) is 11.7. The van der Waals surface area contributed by atoms with E-state index in [1.165, 1.54) is 12.1 Å². The van der Waals surface area contributed by atoms with Gasteiger partial charge in [0.15, 0.2) is 0 Å². The van der Waals surface area contributed by atoms with Gasteiger partial charge in [0.25, 0.3) is 0 Å². The number of sulfonamides is 1. The van der Waals surface area contributed by atoms with Crippen molar-refractivity contribution in [1.82, 2.24) is 0 Å². The van der Waals surface area contributed by atoms with Gasteiger partial charge in [-0.3, -0.25) is 4.31 Å². The van der Waals surface area contributed by atoms with E-state index in [1.54, 1.807) is 0 Å². The van der Waals surface area contributed by atoms with Gasteiger partial charge in [-0.2, -0.15) is 18.4 Å². The normalized spacial score (nSPS) is 39.8. The summed E-state index contributed by atoms with van der Waals surface area (Å²) >= 11 is 0. The fourth-order valence-electron chi connectivity index (χ4n) is 5.10. The van der Waals surface area contributed by atoms with Gasteiger partial charge in [0.1, 0.15) is 0 Å². The van der Waals surface area contributed by atoms with Gasteiger partial charge in [-0.25, -0.2) is 8.42 Å². The van der Waals surface area contributed by atoms with Gasteiger partial charge < -0.3 is 4.74 Å². The molecule has 9 heteroatoms. The minimum absolute atomic E-state index is 0.00711. The summed E-state index contributed by atoms with van der Waals surface area (Å²) in [6, 6.07) is 4.61. The number of epoxide rings is 1. The highest BCUT2D eigenvalue weighted by Crippen LogP contribution is 2.63. The van der Waals surface area contributed by atoms with Crippen LogP contribution < -0.4 is 4.31 Å². The molecule has 1 aromatic carbocycles. The van der Waals surface area contributed by atoms with Crippen molar-refractivity contribution >= 4 is 15.7 Å². The third-order valence-corrected chi connectivity index (χ3v) is 8.45. The van der Waals surface area contributed by atoms with Gasteiger partial charge in [-0.1, -0.05) is 0 Å². The van der Waals surface area contributed by atoms with E-state index in [-0.39, 0.29) is 42.2 Å².